The lowest BCUT2D eigenvalue weighted by Gasteiger charge is -2.34. The van der Waals surface area contributed by atoms with Gasteiger partial charge in [0.15, 0.2) is 0 Å². The van der Waals surface area contributed by atoms with Gasteiger partial charge in [-0.1, -0.05) is 25.0 Å². The zero-order valence-electron chi connectivity index (χ0n) is 12.0. The third kappa shape index (κ3) is 3.11. The fraction of sp³-hybridized carbons (Fsp3) is 0.529. The summed E-state index contributed by atoms with van der Waals surface area (Å²) in [6.07, 6.45) is 10.0. The van der Waals surface area contributed by atoms with Gasteiger partial charge in [-0.15, -0.1) is 6.42 Å². The van der Waals surface area contributed by atoms with Crippen LogP contribution in [-0.2, 0) is 12.8 Å². The quantitative estimate of drug-likeness (QED) is 0.752. The number of fused-ring (bicyclic) bond motifs is 1. The molecule has 0 fully saturated rings. The summed E-state index contributed by atoms with van der Waals surface area (Å²) in [7, 11) is 1.75. The molecule has 0 N–H and O–H groups in total. The molecule has 1 atom stereocenters. The number of hydrogen-bond acceptors (Lipinski definition) is 2. The number of benzene rings is 1. The molecular formula is C17H23NO. The van der Waals surface area contributed by atoms with Crippen molar-refractivity contribution in [1.29, 1.82) is 0 Å². The van der Waals surface area contributed by atoms with Crippen molar-refractivity contribution < 1.29 is 4.74 Å². The van der Waals surface area contributed by atoms with Gasteiger partial charge in [0.05, 0.1) is 13.7 Å². The number of nitrogens with zero attached hydrogens (tertiary/aromatic N) is 1. The topological polar surface area (TPSA) is 12.5 Å². The van der Waals surface area contributed by atoms with Crippen molar-refractivity contribution in [3.05, 3.63) is 29.3 Å². The second kappa shape index (κ2) is 6.63. The Hall–Kier alpha value is -1.46. The van der Waals surface area contributed by atoms with Crippen molar-refractivity contribution in [2.24, 2.45) is 0 Å². The van der Waals surface area contributed by atoms with Gasteiger partial charge in [-0.05, 0) is 49.4 Å². The first-order chi connectivity index (χ1) is 9.30. The van der Waals surface area contributed by atoms with E-state index < -0.39 is 0 Å². The molecule has 2 heteroatoms. The Morgan fingerprint density at radius 2 is 2.32 bits per heavy atom. The summed E-state index contributed by atoms with van der Waals surface area (Å²) in [5.41, 5.74) is 2.81. The van der Waals surface area contributed by atoms with Crippen LogP contribution in [0.15, 0.2) is 18.2 Å². The van der Waals surface area contributed by atoms with Crippen molar-refractivity contribution in [1.82, 2.24) is 4.90 Å². The number of ether oxygens (including phenoxy) is 1. The third-order valence-electron chi connectivity index (χ3n) is 3.95. The standard InChI is InChI=1S/C17H23NO/c1-4-11-18(12-5-2)15-9-10-16-14(13-15)7-6-8-17(16)19-3/h1,6-8,15H,5,9-13H2,2-3H3/t15-/m0/s1. The van der Waals surface area contributed by atoms with Crippen LogP contribution in [0, 0.1) is 12.3 Å². The SMILES string of the molecule is C#CCN(CCC)[C@H]1CCc2c(cccc2OC)C1. The van der Waals surface area contributed by atoms with Crippen molar-refractivity contribution in [2.75, 3.05) is 20.2 Å². The summed E-state index contributed by atoms with van der Waals surface area (Å²) in [4.78, 5) is 2.45. The van der Waals surface area contributed by atoms with Gasteiger partial charge < -0.3 is 4.74 Å². The number of rotatable bonds is 5. The van der Waals surface area contributed by atoms with E-state index >= 15 is 0 Å². The second-order valence-corrected chi connectivity index (χ2v) is 5.17. The highest BCUT2D eigenvalue weighted by Crippen LogP contribution is 2.31. The van der Waals surface area contributed by atoms with Crippen molar-refractivity contribution in [3.63, 3.8) is 0 Å². The maximum absolute atomic E-state index is 5.49. The Kier molecular flexibility index (Phi) is 4.87. The molecule has 0 amide bonds. The normalized spacial score (nSPS) is 17.9. The number of hydrogen-bond donors (Lipinski definition) is 0. The average Bonchev–Trinajstić information content (AvgIpc) is 2.45. The molecule has 0 unspecified atom stereocenters. The molecule has 0 aliphatic heterocycles. The van der Waals surface area contributed by atoms with E-state index in [0.29, 0.717) is 6.04 Å². The molecule has 2 rings (SSSR count). The molecule has 0 aromatic heterocycles. The first-order valence-corrected chi connectivity index (χ1v) is 7.12. The maximum Gasteiger partial charge on any atom is 0.122 e. The Bertz CT molecular complexity index is 461. The van der Waals surface area contributed by atoms with Crippen LogP contribution < -0.4 is 4.74 Å². The van der Waals surface area contributed by atoms with Crippen LogP contribution in [-0.4, -0.2) is 31.1 Å². The lowest BCUT2D eigenvalue weighted by Crippen LogP contribution is -2.40. The van der Waals surface area contributed by atoms with E-state index in [2.05, 4.69) is 35.9 Å². The van der Waals surface area contributed by atoms with Crippen LogP contribution in [0.3, 0.4) is 0 Å². The minimum atomic E-state index is 0.579. The third-order valence-corrected chi connectivity index (χ3v) is 3.95. The van der Waals surface area contributed by atoms with Gasteiger partial charge in [-0.3, -0.25) is 4.90 Å². The minimum absolute atomic E-state index is 0.579. The van der Waals surface area contributed by atoms with Crippen LogP contribution >= 0.6 is 0 Å². The molecule has 1 aromatic carbocycles. The molecule has 102 valence electrons. The highest BCUT2D eigenvalue weighted by molar-refractivity contribution is 5.42. The smallest absolute Gasteiger partial charge is 0.122 e. The second-order valence-electron chi connectivity index (χ2n) is 5.17. The molecule has 2 nitrogen and oxygen atoms in total. The molecule has 1 aliphatic carbocycles. The highest BCUT2D eigenvalue weighted by Gasteiger charge is 2.24. The molecule has 0 heterocycles. The minimum Gasteiger partial charge on any atom is -0.496 e. The Morgan fingerprint density at radius 1 is 1.47 bits per heavy atom. The first-order valence-electron chi connectivity index (χ1n) is 7.12. The largest absolute Gasteiger partial charge is 0.496 e. The lowest BCUT2D eigenvalue weighted by atomic mass is 9.86. The van der Waals surface area contributed by atoms with Crippen LogP contribution in [0.4, 0.5) is 0 Å². The molecule has 1 aromatic rings. The molecule has 0 radical (unpaired) electrons. The van der Waals surface area contributed by atoms with Gasteiger partial charge in [-0.25, -0.2) is 0 Å². The molecule has 1 aliphatic rings. The van der Waals surface area contributed by atoms with E-state index in [1.54, 1.807) is 7.11 Å². The first kappa shape index (κ1) is 14.0. The van der Waals surface area contributed by atoms with Gasteiger partial charge in [0, 0.05) is 6.04 Å². The molecule has 0 spiro atoms. The maximum atomic E-state index is 5.49. The summed E-state index contributed by atoms with van der Waals surface area (Å²) in [5, 5.41) is 0. The van der Waals surface area contributed by atoms with Gasteiger partial charge in [0.2, 0.25) is 0 Å². The van der Waals surface area contributed by atoms with E-state index in [0.717, 1.165) is 38.1 Å². The van der Waals surface area contributed by atoms with Crippen molar-refractivity contribution in [2.45, 2.75) is 38.6 Å². The molecule has 0 bridgehead atoms. The summed E-state index contributed by atoms with van der Waals surface area (Å²) in [6, 6.07) is 6.95. The van der Waals surface area contributed by atoms with E-state index in [1.807, 2.05) is 0 Å². The summed E-state index contributed by atoms with van der Waals surface area (Å²) >= 11 is 0. The average molecular weight is 257 g/mol. The van der Waals surface area contributed by atoms with Gasteiger partial charge in [0.1, 0.15) is 5.75 Å². The van der Waals surface area contributed by atoms with Gasteiger partial charge in [-0.2, -0.15) is 0 Å². The Balaban J connectivity index is 2.15. The molecule has 0 saturated heterocycles. The van der Waals surface area contributed by atoms with Crippen molar-refractivity contribution >= 4 is 0 Å². The highest BCUT2D eigenvalue weighted by atomic mass is 16.5. The van der Waals surface area contributed by atoms with Gasteiger partial charge >= 0.3 is 0 Å². The van der Waals surface area contributed by atoms with E-state index in [1.165, 1.54) is 17.5 Å². The van der Waals surface area contributed by atoms with Gasteiger partial charge in [0.25, 0.3) is 0 Å². The van der Waals surface area contributed by atoms with Crippen LogP contribution in [0.1, 0.15) is 30.9 Å². The van der Waals surface area contributed by atoms with Crippen molar-refractivity contribution in [3.8, 4) is 18.1 Å². The molecule has 19 heavy (non-hydrogen) atoms. The molecule has 0 saturated carbocycles. The van der Waals surface area contributed by atoms with Crippen LogP contribution in [0.5, 0.6) is 5.75 Å². The number of methoxy groups -OCH3 is 1. The summed E-state index contributed by atoms with van der Waals surface area (Å²) in [6.45, 7) is 4.06. The van der Waals surface area contributed by atoms with Crippen LogP contribution in [0.2, 0.25) is 0 Å². The predicted molar refractivity (Wildman–Crippen MR) is 79.5 cm³/mol. The molecular weight excluding hydrogens is 234 g/mol. The van der Waals surface area contributed by atoms with E-state index in [9.17, 15) is 0 Å². The Labute approximate surface area is 116 Å². The van der Waals surface area contributed by atoms with E-state index in [-0.39, 0.29) is 0 Å². The number of terminal acetylenes is 1. The zero-order chi connectivity index (χ0) is 13.7. The fourth-order valence-electron chi connectivity index (χ4n) is 3.05. The summed E-state index contributed by atoms with van der Waals surface area (Å²) in [5.74, 6) is 3.83. The predicted octanol–water partition coefficient (Wildman–Crippen LogP) is 2.90. The lowest BCUT2D eigenvalue weighted by molar-refractivity contribution is 0.201. The van der Waals surface area contributed by atoms with E-state index in [4.69, 9.17) is 11.2 Å². The monoisotopic (exact) mass is 257 g/mol. The zero-order valence-corrected chi connectivity index (χ0v) is 12.0. The fourth-order valence-corrected chi connectivity index (χ4v) is 3.05. The summed E-state index contributed by atoms with van der Waals surface area (Å²) < 4.78 is 5.46. The Morgan fingerprint density at radius 3 is 3.00 bits per heavy atom. The van der Waals surface area contributed by atoms with Crippen LogP contribution in [0.25, 0.3) is 0 Å².